The van der Waals surface area contributed by atoms with Crippen LogP contribution in [0.4, 0.5) is 0 Å². The second-order valence-corrected chi connectivity index (χ2v) is 4.77. The Morgan fingerprint density at radius 2 is 2.24 bits per heavy atom. The molecule has 0 amide bonds. The Labute approximate surface area is 112 Å². The fourth-order valence-corrected chi connectivity index (χ4v) is 1.72. The molecular formula is C13H17Cl2NO. The van der Waals surface area contributed by atoms with E-state index in [1.54, 1.807) is 0 Å². The van der Waals surface area contributed by atoms with Gasteiger partial charge < -0.3 is 10.5 Å². The lowest BCUT2D eigenvalue weighted by atomic mass is 10.1. The molecule has 0 aliphatic heterocycles. The molecule has 0 bridgehead atoms. The van der Waals surface area contributed by atoms with Crippen LogP contribution in [-0.2, 0) is 6.42 Å². The largest absolute Gasteiger partial charge is 0.489 e. The SMILES string of the molecule is C/C(=C\Cl)COc1cccc(Cl)c1CC(C)N. The molecule has 4 heteroatoms. The highest BCUT2D eigenvalue weighted by atomic mass is 35.5. The highest BCUT2D eigenvalue weighted by Crippen LogP contribution is 2.27. The Bertz CT molecular complexity index is 402. The van der Waals surface area contributed by atoms with Gasteiger partial charge in [-0.05, 0) is 38.0 Å². The summed E-state index contributed by atoms with van der Waals surface area (Å²) >= 11 is 11.7. The van der Waals surface area contributed by atoms with Crippen molar-refractivity contribution in [2.24, 2.45) is 5.73 Å². The first-order valence-corrected chi connectivity index (χ1v) is 6.27. The number of halogens is 2. The molecule has 1 atom stereocenters. The van der Waals surface area contributed by atoms with E-state index in [9.17, 15) is 0 Å². The average molecular weight is 274 g/mol. The third-order valence-electron chi connectivity index (χ3n) is 2.24. The summed E-state index contributed by atoms with van der Waals surface area (Å²) in [6.07, 6.45) is 0.693. The summed E-state index contributed by atoms with van der Waals surface area (Å²) in [4.78, 5) is 0. The van der Waals surface area contributed by atoms with Crippen molar-refractivity contribution in [2.45, 2.75) is 26.3 Å². The van der Waals surface area contributed by atoms with Crippen molar-refractivity contribution in [3.8, 4) is 5.75 Å². The lowest BCUT2D eigenvalue weighted by Crippen LogP contribution is -2.18. The molecule has 0 aliphatic rings. The van der Waals surface area contributed by atoms with Crippen molar-refractivity contribution >= 4 is 23.2 Å². The van der Waals surface area contributed by atoms with Gasteiger partial charge in [0, 0.05) is 22.2 Å². The van der Waals surface area contributed by atoms with Gasteiger partial charge in [-0.25, -0.2) is 0 Å². The Morgan fingerprint density at radius 1 is 1.53 bits per heavy atom. The molecule has 0 aliphatic carbocycles. The van der Waals surface area contributed by atoms with Crippen molar-refractivity contribution < 1.29 is 4.74 Å². The Hall–Kier alpha value is -0.700. The van der Waals surface area contributed by atoms with Crippen LogP contribution < -0.4 is 10.5 Å². The molecule has 0 fully saturated rings. The minimum absolute atomic E-state index is 0.0434. The average Bonchev–Trinajstić information content (AvgIpc) is 2.29. The first-order valence-electron chi connectivity index (χ1n) is 5.46. The molecule has 0 saturated carbocycles. The number of benzene rings is 1. The van der Waals surface area contributed by atoms with E-state index >= 15 is 0 Å². The molecule has 1 aromatic rings. The summed E-state index contributed by atoms with van der Waals surface area (Å²) in [7, 11) is 0. The van der Waals surface area contributed by atoms with Crippen LogP contribution in [0.2, 0.25) is 5.02 Å². The summed E-state index contributed by atoms with van der Waals surface area (Å²) in [5.74, 6) is 0.771. The van der Waals surface area contributed by atoms with E-state index in [1.807, 2.05) is 32.0 Å². The van der Waals surface area contributed by atoms with E-state index in [0.29, 0.717) is 18.1 Å². The first-order chi connectivity index (χ1) is 8.04. The molecule has 1 unspecified atom stereocenters. The third-order valence-corrected chi connectivity index (χ3v) is 2.97. The van der Waals surface area contributed by atoms with Gasteiger partial charge in [-0.15, -0.1) is 0 Å². The van der Waals surface area contributed by atoms with E-state index < -0.39 is 0 Å². The van der Waals surface area contributed by atoms with Gasteiger partial charge in [0.05, 0.1) is 0 Å². The lowest BCUT2D eigenvalue weighted by molar-refractivity contribution is 0.348. The summed E-state index contributed by atoms with van der Waals surface area (Å²) in [5, 5.41) is 0.687. The van der Waals surface area contributed by atoms with E-state index in [0.717, 1.165) is 16.9 Å². The standard InChI is InChI=1S/C13H17Cl2NO/c1-9(7-14)8-17-13-5-3-4-12(15)11(13)6-10(2)16/h3-5,7,10H,6,8,16H2,1-2H3/b9-7+. The molecule has 0 spiro atoms. The predicted octanol–water partition coefficient (Wildman–Crippen LogP) is 3.75. The van der Waals surface area contributed by atoms with Crippen LogP contribution in [0.25, 0.3) is 0 Å². The maximum atomic E-state index is 6.15. The van der Waals surface area contributed by atoms with Crippen LogP contribution in [0.1, 0.15) is 19.4 Å². The van der Waals surface area contributed by atoms with E-state index in [-0.39, 0.29) is 6.04 Å². The van der Waals surface area contributed by atoms with Gasteiger partial charge in [-0.2, -0.15) is 0 Å². The highest BCUT2D eigenvalue weighted by Gasteiger charge is 2.10. The molecule has 2 N–H and O–H groups in total. The summed E-state index contributed by atoms with van der Waals surface area (Å²) in [6, 6.07) is 5.64. The van der Waals surface area contributed by atoms with E-state index in [1.165, 1.54) is 5.54 Å². The number of hydrogen-bond acceptors (Lipinski definition) is 2. The maximum absolute atomic E-state index is 6.15. The smallest absolute Gasteiger partial charge is 0.124 e. The van der Waals surface area contributed by atoms with Crippen LogP contribution in [0.3, 0.4) is 0 Å². The molecule has 17 heavy (non-hydrogen) atoms. The number of rotatable bonds is 5. The molecule has 94 valence electrons. The minimum atomic E-state index is 0.0434. The highest BCUT2D eigenvalue weighted by molar-refractivity contribution is 6.31. The van der Waals surface area contributed by atoms with Crippen LogP contribution >= 0.6 is 23.2 Å². The third kappa shape index (κ3) is 4.58. The summed E-state index contributed by atoms with van der Waals surface area (Å²) in [6.45, 7) is 4.30. The summed E-state index contributed by atoms with van der Waals surface area (Å²) < 4.78 is 5.68. The lowest BCUT2D eigenvalue weighted by Gasteiger charge is -2.14. The van der Waals surface area contributed by atoms with Crippen molar-refractivity contribution in [3.63, 3.8) is 0 Å². The van der Waals surface area contributed by atoms with Crippen LogP contribution in [0.5, 0.6) is 5.75 Å². The van der Waals surface area contributed by atoms with Crippen LogP contribution in [0, 0.1) is 0 Å². The zero-order chi connectivity index (χ0) is 12.8. The normalized spacial score (nSPS) is 13.6. The Kier molecular flexibility index (Phi) is 5.83. The van der Waals surface area contributed by atoms with Gasteiger partial charge >= 0.3 is 0 Å². The molecule has 0 heterocycles. The first kappa shape index (κ1) is 14.4. The topological polar surface area (TPSA) is 35.2 Å². The van der Waals surface area contributed by atoms with Crippen molar-refractivity contribution in [2.75, 3.05) is 6.61 Å². The molecule has 0 saturated heterocycles. The molecular weight excluding hydrogens is 257 g/mol. The van der Waals surface area contributed by atoms with Gasteiger partial charge in [0.25, 0.3) is 0 Å². The Balaban J connectivity index is 2.86. The van der Waals surface area contributed by atoms with Gasteiger partial charge in [-0.1, -0.05) is 29.3 Å². The quantitative estimate of drug-likeness (QED) is 0.887. The van der Waals surface area contributed by atoms with Crippen LogP contribution in [-0.4, -0.2) is 12.6 Å². The van der Waals surface area contributed by atoms with Crippen molar-refractivity contribution in [1.82, 2.24) is 0 Å². The zero-order valence-corrected chi connectivity index (χ0v) is 11.6. The molecule has 0 aromatic heterocycles. The fourth-order valence-electron chi connectivity index (χ4n) is 1.42. The Morgan fingerprint density at radius 3 is 2.82 bits per heavy atom. The molecule has 0 radical (unpaired) electrons. The van der Waals surface area contributed by atoms with Gasteiger partial charge in [0.2, 0.25) is 0 Å². The van der Waals surface area contributed by atoms with E-state index in [2.05, 4.69) is 0 Å². The maximum Gasteiger partial charge on any atom is 0.124 e. The van der Waals surface area contributed by atoms with Crippen LogP contribution in [0.15, 0.2) is 29.3 Å². The zero-order valence-electron chi connectivity index (χ0n) is 10.0. The molecule has 1 aromatic carbocycles. The minimum Gasteiger partial charge on any atom is -0.489 e. The van der Waals surface area contributed by atoms with Crippen molar-refractivity contribution in [1.29, 1.82) is 0 Å². The number of hydrogen-bond donors (Lipinski definition) is 1. The second kappa shape index (κ2) is 6.90. The molecule has 2 nitrogen and oxygen atoms in total. The number of nitrogens with two attached hydrogens (primary N) is 1. The van der Waals surface area contributed by atoms with Gasteiger partial charge in [0.1, 0.15) is 12.4 Å². The van der Waals surface area contributed by atoms with Gasteiger partial charge in [-0.3, -0.25) is 0 Å². The number of ether oxygens (including phenoxy) is 1. The predicted molar refractivity (Wildman–Crippen MR) is 73.9 cm³/mol. The second-order valence-electron chi connectivity index (χ2n) is 4.14. The monoisotopic (exact) mass is 273 g/mol. The summed E-state index contributed by atoms with van der Waals surface area (Å²) in [5.41, 5.74) is 9.21. The van der Waals surface area contributed by atoms with Gasteiger partial charge in [0.15, 0.2) is 0 Å². The molecule has 1 rings (SSSR count). The van der Waals surface area contributed by atoms with Crippen molar-refractivity contribution in [3.05, 3.63) is 39.9 Å². The fraction of sp³-hybridized carbons (Fsp3) is 0.385. The van der Waals surface area contributed by atoms with E-state index in [4.69, 9.17) is 33.7 Å².